The quantitative estimate of drug-likeness (QED) is 0.439. The van der Waals surface area contributed by atoms with E-state index in [1.54, 1.807) is 0 Å². The van der Waals surface area contributed by atoms with Gasteiger partial charge >= 0.3 is 36.4 Å². The van der Waals surface area contributed by atoms with Crippen LogP contribution in [0.5, 0.6) is 0 Å². The van der Waals surface area contributed by atoms with Gasteiger partial charge in [0, 0.05) is 39.9 Å². The Morgan fingerprint density at radius 1 is 0.500 bits per heavy atom. The first kappa shape index (κ1) is 29.2. The van der Waals surface area contributed by atoms with Gasteiger partial charge in [0.25, 0.3) is 0 Å². The van der Waals surface area contributed by atoms with E-state index in [4.69, 9.17) is 29.7 Å². The molecule has 0 saturated carbocycles. The first-order valence-electron chi connectivity index (χ1n) is 3.73. The fraction of sp³-hybridized carbons (Fsp3) is 0.500. The third-order valence-electron chi connectivity index (χ3n) is 0.728. The first-order valence-corrected chi connectivity index (χ1v) is 3.73. The van der Waals surface area contributed by atoms with E-state index in [-0.39, 0.29) is 39.9 Å². The van der Waals surface area contributed by atoms with Crippen molar-refractivity contribution in [1.82, 2.24) is 0 Å². The van der Waals surface area contributed by atoms with E-state index >= 15 is 0 Å². The Hall–Kier alpha value is -0.895. The third-order valence-corrected chi connectivity index (χ3v) is 0.728. The molecule has 0 aliphatic rings. The molecule has 22 heavy (non-hydrogen) atoms. The van der Waals surface area contributed by atoms with Gasteiger partial charge in [-0.15, -0.1) is 0 Å². The summed E-state index contributed by atoms with van der Waals surface area (Å²) in [7, 11) is 0. The summed E-state index contributed by atoms with van der Waals surface area (Å²) in [6, 6.07) is 0. The summed E-state index contributed by atoms with van der Waals surface area (Å²) in [4.78, 5) is 26.7. The molecule has 0 rings (SSSR count). The second-order valence-corrected chi connectivity index (χ2v) is 2.41. The summed E-state index contributed by atoms with van der Waals surface area (Å²) in [5, 5.41) is 21.4. The molecule has 0 saturated heterocycles. The molecule has 134 valence electrons. The van der Waals surface area contributed by atoms with Crippen LogP contribution in [-0.4, -0.2) is 51.8 Å². The van der Waals surface area contributed by atoms with Crippen LogP contribution in [0.3, 0.4) is 0 Å². The van der Waals surface area contributed by atoms with Crippen molar-refractivity contribution in [3.63, 3.8) is 0 Å². The molecular formula is C6H3F9GdO6. The third kappa shape index (κ3) is 21.4. The second kappa shape index (κ2) is 10.8. The van der Waals surface area contributed by atoms with Gasteiger partial charge in [-0.05, 0) is 0 Å². The average molecular weight is 499 g/mol. The van der Waals surface area contributed by atoms with Gasteiger partial charge in [-0.25, -0.2) is 14.4 Å². The number of halogens is 9. The van der Waals surface area contributed by atoms with Crippen LogP contribution in [0, 0.1) is 39.9 Å². The summed E-state index contributed by atoms with van der Waals surface area (Å²) in [6.45, 7) is 0. The Morgan fingerprint density at radius 3 is 0.545 bits per heavy atom. The predicted octanol–water partition coefficient (Wildman–Crippen LogP) is 1.90. The van der Waals surface area contributed by atoms with Crippen molar-refractivity contribution in [1.29, 1.82) is 0 Å². The molecule has 0 aliphatic heterocycles. The molecule has 0 aromatic carbocycles. The maximum atomic E-state index is 10.6. The average Bonchev–Trinajstić information content (AvgIpc) is 2.14. The van der Waals surface area contributed by atoms with E-state index in [9.17, 15) is 39.5 Å². The molecule has 16 heteroatoms. The topological polar surface area (TPSA) is 112 Å². The number of rotatable bonds is 0. The Morgan fingerprint density at radius 2 is 0.545 bits per heavy atom. The number of alkyl halides is 9. The van der Waals surface area contributed by atoms with Crippen LogP contribution in [0.25, 0.3) is 0 Å². The van der Waals surface area contributed by atoms with Crippen molar-refractivity contribution in [3.05, 3.63) is 0 Å². The summed E-state index contributed by atoms with van der Waals surface area (Å²) in [5.74, 6) is -8.27. The first-order chi connectivity index (χ1) is 8.83. The smallest absolute Gasteiger partial charge is 0.475 e. The number of hydrogen-bond donors (Lipinski definition) is 3. The van der Waals surface area contributed by atoms with Crippen LogP contribution < -0.4 is 0 Å². The van der Waals surface area contributed by atoms with Gasteiger partial charge in [0.15, 0.2) is 0 Å². The number of aliphatic carboxylic acids is 3. The normalized spacial score (nSPS) is 10.8. The van der Waals surface area contributed by atoms with Gasteiger partial charge < -0.3 is 15.3 Å². The van der Waals surface area contributed by atoms with Gasteiger partial charge in [-0.2, -0.15) is 39.5 Å². The van der Waals surface area contributed by atoms with Crippen molar-refractivity contribution in [2.75, 3.05) is 0 Å². The van der Waals surface area contributed by atoms with E-state index in [0.717, 1.165) is 0 Å². The summed E-state index contributed by atoms with van der Waals surface area (Å²) >= 11 is 0. The van der Waals surface area contributed by atoms with Gasteiger partial charge in [0.2, 0.25) is 0 Å². The van der Waals surface area contributed by atoms with Crippen LogP contribution in [-0.2, 0) is 14.4 Å². The predicted molar refractivity (Wildman–Crippen MR) is 41.1 cm³/mol. The summed E-state index contributed by atoms with van der Waals surface area (Å²) in [6.07, 6.45) is -15.3. The van der Waals surface area contributed by atoms with Crippen molar-refractivity contribution in [3.8, 4) is 0 Å². The molecule has 0 unspecified atom stereocenters. The summed E-state index contributed by atoms with van der Waals surface area (Å²) in [5.41, 5.74) is 0. The fourth-order valence-electron chi connectivity index (χ4n) is 0. The number of carbonyl (C=O) groups is 3. The maximum absolute atomic E-state index is 10.6. The minimum Gasteiger partial charge on any atom is -0.475 e. The minimum atomic E-state index is -5.08. The van der Waals surface area contributed by atoms with Crippen LogP contribution in [0.2, 0.25) is 0 Å². The van der Waals surface area contributed by atoms with Crippen LogP contribution >= 0.6 is 0 Å². The Balaban J connectivity index is -0.000000108. The molecule has 0 atom stereocenters. The Kier molecular flexibility index (Phi) is 14.3. The zero-order valence-corrected chi connectivity index (χ0v) is 11.6. The molecule has 0 spiro atoms. The van der Waals surface area contributed by atoms with E-state index in [2.05, 4.69) is 0 Å². The standard InChI is InChI=1S/3C2HF3O2.Gd/c3*3-2(4,5)1(6)7;/h3*(H,6,7);. The number of hydrogen-bond acceptors (Lipinski definition) is 3. The molecule has 0 amide bonds. The van der Waals surface area contributed by atoms with Gasteiger partial charge in [0.05, 0.1) is 0 Å². The van der Waals surface area contributed by atoms with Gasteiger partial charge in [-0.3, -0.25) is 0 Å². The van der Waals surface area contributed by atoms with E-state index in [0.29, 0.717) is 0 Å². The van der Waals surface area contributed by atoms with Crippen LogP contribution in [0.4, 0.5) is 39.5 Å². The Bertz CT molecular complexity index is 313. The molecule has 0 bridgehead atoms. The molecule has 0 heterocycles. The van der Waals surface area contributed by atoms with Crippen LogP contribution in [0.1, 0.15) is 0 Å². The van der Waals surface area contributed by atoms with Gasteiger partial charge in [-0.1, -0.05) is 0 Å². The molecule has 0 aliphatic carbocycles. The molecule has 0 radical (unpaired) electrons. The second-order valence-electron chi connectivity index (χ2n) is 2.41. The molecule has 0 fully saturated rings. The van der Waals surface area contributed by atoms with Crippen LogP contribution in [0.15, 0.2) is 0 Å². The summed E-state index contributed by atoms with van der Waals surface area (Å²) < 4.78 is 95.2. The van der Waals surface area contributed by atoms with Crippen molar-refractivity contribution in [2.24, 2.45) is 0 Å². The monoisotopic (exact) mass is 500 g/mol. The molecule has 0 aromatic rings. The molecule has 0 aromatic heterocycles. The number of carboxylic acid groups (broad SMARTS) is 3. The SMILES string of the molecule is O=C(O)C(F)(F)F.O=C(O)C(F)(F)F.O=C(O)C(F)(F)F.[Gd]. The maximum Gasteiger partial charge on any atom is 0.490 e. The van der Waals surface area contributed by atoms with Crippen molar-refractivity contribution < 1.29 is 109 Å². The minimum absolute atomic E-state index is 0. The Labute approximate surface area is 145 Å². The van der Waals surface area contributed by atoms with Crippen molar-refractivity contribution >= 4 is 17.9 Å². The van der Waals surface area contributed by atoms with Gasteiger partial charge in [0.1, 0.15) is 0 Å². The molecule has 3 N–H and O–H groups in total. The van der Waals surface area contributed by atoms with Crippen molar-refractivity contribution in [2.45, 2.75) is 18.5 Å². The molecule has 6 nitrogen and oxygen atoms in total. The van der Waals surface area contributed by atoms with E-state index in [1.807, 2.05) is 0 Å². The fourth-order valence-corrected chi connectivity index (χ4v) is 0. The number of carboxylic acids is 3. The zero-order valence-electron chi connectivity index (χ0n) is 9.32. The largest absolute Gasteiger partial charge is 0.490 e. The molecular weight excluding hydrogens is 496 g/mol. The van der Waals surface area contributed by atoms with E-state index in [1.165, 1.54) is 0 Å². The van der Waals surface area contributed by atoms with E-state index < -0.39 is 36.4 Å². The zero-order chi connectivity index (χ0) is 18.2.